The van der Waals surface area contributed by atoms with Gasteiger partial charge in [0.15, 0.2) is 0 Å². The summed E-state index contributed by atoms with van der Waals surface area (Å²) >= 11 is 7.10. The number of hydrogen-bond acceptors (Lipinski definition) is 2. The van der Waals surface area contributed by atoms with Crippen LogP contribution in [0.25, 0.3) is 0 Å². The SMILES string of the molecule is CCc1cc(CC(NC)c2cc(Br)cc(Br)c2)n(C)n1. The number of aromatic nitrogens is 2. The van der Waals surface area contributed by atoms with Gasteiger partial charge in [0, 0.05) is 34.1 Å². The van der Waals surface area contributed by atoms with Gasteiger partial charge in [0.05, 0.1) is 5.69 Å². The number of rotatable bonds is 5. The standard InChI is InChI=1S/C15H19Br2N3/c1-4-13-8-14(20(3)19-13)9-15(18-2)10-5-11(16)7-12(17)6-10/h5-8,15,18H,4,9H2,1-3H3. The van der Waals surface area contributed by atoms with Gasteiger partial charge in [-0.2, -0.15) is 5.10 Å². The molecule has 0 aliphatic carbocycles. The van der Waals surface area contributed by atoms with Gasteiger partial charge in [-0.3, -0.25) is 4.68 Å². The number of halogens is 2. The monoisotopic (exact) mass is 399 g/mol. The predicted molar refractivity (Wildman–Crippen MR) is 89.9 cm³/mol. The van der Waals surface area contributed by atoms with Crippen LogP contribution in [0.2, 0.25) is 0 Å². The van der Waals surface area contributed by atoms with Gasteiger partial charge in [-0.1, -0.05) is 38.8 Å². The number of hydrogen-bond donors (Lipinski definition) is 1. The highest BCUT2D eigenvalue weighted by Crippen LogP contribution is 2.26. The van der Waals surface area contributed by atoms with Crippen LogP contribution >= 0.6 is 31.9 Å². The van der Waals surface area contributed by atoms with Crippen LogP contribution in [0.1, 0.15) is 29.9 Å². The van der Waals surface area contributed by atoms with Crippen LogP contribution in [0.5, 0.6) is 0 Å². The van der Waals surface area contributed by atoms with Gasteiger partial charge in [0.1, 0.15) is 0 Å². The maximum Gasteiger partial charge on any atom is 0.0624 e. The minimum Gasteiger partial charge on any atom is -0.313 e. The number of nitrogens with zero attached hydrogens (tertiary/aromatic N) is 2. The molecule has 5 heteroatoms. The highest BCUT2D eigenvalue weighted by atomic mass is 79.9. The third-order valence-corrected chi connectivity index (χ3v) is 4.35. The Labute approximate surface area is 137 Å². The van der Waals surface area contributed by atoms with Gasteiger partial charge in [-0.25, -0.2) is 0 Å². The van der Waals surface area contributed by atoms with Crippen LogP contribution in [0.3, 0.4) is 0 Å². The molecule has 0 bridgehead atoms. The Hall–Kier alpha value is -0.650. The quantitative estimate of drug-likeness (QED) is 0.821. The summed E-state index contributed by atoms with van der Waals surface area (Å²) in [5.74, 6) is 0. The molecule has 3 nitrogen and oxygen atoms in total. The topological polar surface area (TPSA) is 29.9 Å². The smallest absolute Gasteiger partial charge is 0.0624 e. The molecule has 2 rings (SSSR count). The Morgan fingerprint density at radius 3 is 2.35 bits per heavy atom. The maximum absolute atomic E-state index is 4.52. The molecule has 0 aliphatic rings. The summed E-state index contributed by atoms with van der Waals surface area (Å²) in [6, 6.07) is 8.82. The summed E-state index contributed by atoms with van der Waals surface area (Å²) < 4.78 is 4.15. The zero-order valence-electron chi connectivity index (χ0n) is 12.0. The molecule has 0 spiro atoms. The summed E-state index contributed by atoms with van der Waals surface area (Å²) in [6.07, 6.45) is 1.89. The average Bonchev–Trinajstić information content (AvgIpc) is 2.75. The molecular weight excluding hydrogens is 382 g/mol. The molecule has 1 heterocycles. The van der Waals surface area contributed by atoms with Crippen molar-refractivity contribution in [3.63, 3.8) is 0 Å². The van der Waals surface area contributed by atoms with Crippen molar-refractivity contribution in [2.75, 3.05) is 7.05 Å². The third-order valence-electron chi connectivity index (χ3n) is 3.44. The molecule has 2 aromatic rings. The Morgan fingerprint density at radius 2 is 1.85 bits per heavy atom. The van der Waals surface area contributed by atoms with Gasteiger partial charge < -0.3 is 5.32 Å². The molecule has 1 atom stereocenters. The number of aryl methyl sites for hydroxylation is 2. The van der Waals surface area contributed by atoms with Crippen molar-refractivity contribution in [2.45, 2.75) is 25.8 Å². The lowest BCUT2D eigenvalue weighted by molar-refractivity contribution is 0.560. The zero-order chi connectivity index (χ0) is 14.7. The molecule has 1 N–H and O–H groups in total. The Morgan fingerprint density at radius 1 is 1.20 bits per heavy atom. The van der Waals surface area contributed by atoms with Gasteiger partial charge in [-0.15, -0.1) is 0 Å². The van der Waals surface area contributed by atoms with Crippen molar-refractivity contribution in [3.8, 4) is 0 Å². The van der Waals surface area contributed by atoms with E-state index in [9.17, 15) is 0 Å². The van der Waals surface area contributed by atoms with Crippen LogP contribution in [0.4, 0.5) is 0 Å². The van der Waals surface area contributed by atoms with Crippen LogP contribution in [-0.2, 0) is 19.9 Å². The van der Waals surface area contributed by atoms with Crippen molar-refractivity contribution in [3.05, 3.63) is 50.2 Å². The van der Waals surface area contributed by atoms with Gasteiger partial charge >= 0.3 is 0 Å². The lowest BCUT2D eigenvalue weighted by Gasteiger charge is -2.17. The van der Waals surface area contributed by atoms with E-state index in [4.69, 9.17) is 0 Å². The summed E-state index contributed by atoms with van der Waals surface area (Å²) in [6.45, 7) is 2.13. The summed E-state index contributed by atoms with van der Waals surface area (Å²) in [5.41, 5.74) is 3.65. The molecule has 1 aromatic heterocycles. The minimum atomic E-state index is 0.268. The minimum absolute atomic E-state index is 0.268. The fourth-order valence-corrected chi connectivity index (χ4v) is 3.64. The first-order valence-electron chi connectivity index (χ1n) is 6.68. The lowest BCUT2D eigenvalue weighted by Crippen LogP contribution is -2.20. The molecule has 0 fully saturated rings. The first kappa shape index (κ1) is 15.7. The molecule has 0 radical (unpaired) electrons. The fraction of sp³-hybridized carbons (Fsp3) is 0.400. The van der Waals surface area contributed by atoms with Crippen molar-refractivity contribution in [2.24, 2.45) is 7.05 Å². The second-order valence-corrected chi connectivity index (χ2v) is 6.68. The first-order chi connectivity index (χ1) is 9.53. The second-order valence-electron chi connectivity index (χ2n) is 4.85. The molecule has 0 amide bonds. The molecular formula is C15H19Br2N3. The van der Waals surface area contributed by atoms with Crippen LogP contribution in [0, 0.1) is 0 Å². The molecule has 1 unspecified atom stereocenters. The maximum atomic E-state index is 4.52. The summed E-state index contributed by atoms with van der Waals surface area (Å²) in [4.78, 5) is 0. The van der Waals surface area contributed by atoms with E-state index in [2.05, 4.69) is 73.5 Å². The largest absolute Gasteiger partial charge is 0.313 e. The lowest BCUT2D eigenvalue weighted by atomic mass is 10.0. The van der Waals surface area contributed by atoms with Gasteiger partial charge in [0.2, 0.25) is 0 Å². The van der Waals surface area contributed by atoms with E-state index in [1.165, 1.54) is 11.3 Å². The van der Waals surface area contributed by atoms with Crippen LogP contribution < -0.4 is 5.32 Å². The number of nitrogens with one attached hydrogen (secondary N) is 1. The number of likely N-dealkylation sites (N-methyl/N-ethyl adjacent to an activating group) is 1. The molecule has 108 valence electrons. The Balaban J connectivity index is 2.25. The molecule has 0 aliphatic heterocycles. The van der Waals surface area contributed by atoms with E-state index in [0.29, 0.717) is 0 Å². The summed E-state index contributed by atoms with van der Waals surface area (Å²) in [5, 5.41) is 7.91. The van der Waals surface area contributed by atoms with E-state index in [1.807, 2.05) is 18.8 Å². The highest BCUT2D eigenvalue weighted by Gasteiger charge is 2.14. The normalized spacial score (nSPS) is 12.7. The molecule has 0 saturated carbocycles. The molecule has 20 heavy (non-hydrogen) atoms. The van der Waals surface area contributed by atoms with E-state index >= 15 is 0 Å². The summed E-state index contributed by atoms with van der Waals surface area (Å²) in [7, 11) is 4.01. The molecule has 1 aromatic carbocycles. The second kappa shape index (κ2) is 6.87. The van der Waals surface area contributed by atoms with Crippen molar-refractivity contribution in [1.82, 2.24) is 15.1 Å². The highest BCUT2D eigenvalue weighted by molar-refractivity contribution is 9.11. The Bertz CT molecular complexity index is 573. The number of benzene rings is 1. The van der Waals surface area contributed by atoms with Crippen molar-refractivity contribution < 1.29 is 0 Å². The van der Waals surface area contributed by atoms with E-state index in [0.717, 1.165) is 27.5 Å². The van der Waals surface area contributed by atoms with E-state index < -0.39 is 0 Å². The van der Waals surface area contributed by atoms with E-state index in [1.54, 1.807) is 0 Å². The van der Waals surface area contributed by atoms with Gasteiger partial charge in [-0.05, 0) is 43.3 Å². The third kappa shape index (κ3) is 3.71. The van der Waals surface area contributed by atoms with Crippen molar-refractivity contribution in [1.29, 1.82) is 0 Å². The van der Waals surface area contributed by atoms with E-state index in [-0.39, 0.29) is 6.04 Å². The van der Waals surface area contributed by atoms with Crippen molar-refractivity contribution >= 4 is 31.9 Å². The molecule has 0 saturated heterocycles. The zero-order valence-corrected chi connectivity index (χ0v) is 15.1. The average molecular weight is 401 g/mol. The fourth-order valence-electron chi connectivity index (χ4n) is 2.31. The first-order valence-corrected chi connectivity index (χ1v) is 8.27. The van der Waals surface area contributed by atoms with Gasteiger partial charge in [0.25, 0.3) is 0 Å². The predicted octanol–water partition coefficient (Wildman–Crippen LogP) is 4.01. The Kier molecular flexibility index (Phi) is 5.41. The van der Waals surface area contributed by atoms with Crippen LogP contribution in [0.15, 0.2) is 33.2 Å². The van der Waals surface area contributed by atoms with Crippen LogP contribution in [-0.4, -0.2) is 16.8 Å².